The zero-order valence-electron chi connectivity index (χ0n) is 16.2. The molecule has 0 fully saturated rings. The van der Waals surface area contributed by atoms with Crippen molar-refractivity contribution in [1.82, 2.24) is 9.55 Å². The van der Waals surface area contributed by atoms with Crippen molar-refractivity contribution < 1.29 is 13.2 Å². The maximum atomic E-state index is 13.0. The van der Waals surface area contributed by atoms with Gasteiger partial charge in [-0.3, -0.25) is 4.79 Å². The number of nitrogens with zero attached hydrogens (tertiary/aromatic N) is 3. The Morgan fingerprint density at radius 2 is 2.03 bits per heavy atom. The number of hydrogen-bond donors (Lipinski definition) is 1. The summed E-state index contributed by atoms with van der Waals surface area (Å²) in [5, 5.41) is 6.05. The number of benzene rings is 2. The van der Waals surface area contributed by atoms with Crippen LogP contribution in [0.3, 0.4) is 0 Å². The number of carbonyl (C=O) groups is 1. The van der Waals surface area contributed by atoms with Crippen LogP contribution in [0.5, 0.6) is 0 Å². The molecule has 29 heavy (non-hydrogen) atoms. The molecule has 0 saturated carbocycles. The molecule has 0 radical (unpaired) electrons. The topological polar surface area (TPSA) is 98.3 Å². The van der Waals surface area contributed by atoms with Crippen LogP contribution in [0.25, 0.3) is 11.0 Å². The van der Waals surface area contributed by atoms with Gasteiger partial charge >= 0.3 is 0 Å². The van der Waals surface area contributed by atoms with Gasteiger partial charge in [-0.1, -0.05) is 23.9 Å². The molecule has 2 aromatic carbocycles. The summed E-state index contributed by atoms with van der Waals surface area (Å²) in [5.74, 6) is 0.226. The molecule has 1 atom stereocenters. The van der Waals surface area contributed by atoms with Crippen LogP contribution in [-0.2, 0) is 27.8 Å². The third-order valence-electron chi connectivity index (χ3n) is 5.12. The molecule has 0 aliphatic carbocycles. The van der Waals surface area contributed by atoms with Crippen LogP contribution < -0.4 is 10.0 Å². The molecule has 1 aliphatic heterocycles. The van der Waals surface area contributed by atoms with Gasteiger partial charge in [0.25, 0.3) is 0 Å². The lowest BCUT2D eigenvalue weighted by Gasteiger charge is -2.22. The van der Waals surface area contributed by atoms with Gasteiger partial charge in [-0.25, -0.2) is 18.5 Å². The van der Waals surface area contributed by atoms with Crippen LogP contribution >= 0.6 is 11.8 Å². The number of sulfonamides is 1. The van der Waals surface area contributed by atoms with Crippen molar-refractivity contribution in [2.45, 2.75) is 42.9 Å². The van der Waals surface area contributed by atoms with Crippen LogP contribution in [-0.4, -0.2) is 35.7 Å². The zero-order valence-corrected chi connectivity index (χ0v) is 17.8. The maximum absolute atomic E-state index is 13.0. The van der Waals surface area contributed by atoms with Gasteiger partial charge in [0, 0.05) is 18.3 Å². The Labute approximate surface area is 174 Å². The highest BCUT2D eigenvalue weighted by atomic mass is 32.2. The molecule has 2 N–H and O–H groups in total. The number of amides is 1. The number of para-hydroxylation sites is 2. The van der Waals surface area contributed by atoms with E-state index in [1.54, 1.807) is 17.0 Å². The van der Waals surface area contributed by atoms with E-state index in [0.29, 0.717) is 6.42 Å². The van der Waals surface area contributed by atoms with E-state index in [2.05, 4.69) is 16.5 Å². The van der Waals surface area contributed by atoms with Gasteiger partial charge in [0.05, 0.1) is 21.7 Å². The lowest BCUT2D eigenvalue weighted by atomic mass is 10.1. The van der Waals surface area contributed by atoms with Crippen molar-refractivity contribution in [2.75, 3.05) is 10.7 Å². The second-order valence-corrected chi connectivity index (χ2v) is 9.57. The molecule has 0 bridgehead atoms. The molecule has 2 heterocycles. The first-order valence-corrected chi connectivity index (χ1v) is 11.9. The minimum Gasteiger partial charge on any atom is -0.319 e. The van der Waals surface area contributed by atoms with E-state index in [1.807, 2.05) is 31.2 Å². The number of aromatic nitrogens is 2. The Balaban J connectivity index is 1.56. The Bertz CT molecular complexity index is 1200. The van der Waals surface area contributed by atoms with Crippen LogP contribution in [0.15, 0.2) is 52.5 Å². The first-order chi connectivity index (χ1) is 13.8. The molecule has 1 unspecified atom stereocenters. The van der Waals surface area contributed by atoms with Gasteiger partial charge in [0.1, 0.15) is 0 Å². The van der Waals surface area contributed by atoms with Crippen molar-refractivity contribution >= 4 is 44.4 Å². The monoisotopic (exact) mass is 430 g/mol. The minimum absolute atomic E-state index is 0.0284. The number of carbonyl (C=O) groups excluding carboxylic acids is 1. The average Bonchev–Trinajstić information content (AvgIpc) is 3.20. The van der Waals surface area contributed by atoms with Crippen LogP contribution in [0.4, 0.5) is 5.69 Å². The molecule has 1 aromatic heterocycles. The minimum atomic E-state index is -3.76. The standard InChI is InChI=1S/C20H22N4O3S2/c1-3-23-18-7-5-4-6-16(18)22-20(23)28-12-19(25)24-13(2)10-14-11-15(29(21,26)27)8-9-17(14)24/h4-9,11,13H,3,10,12H2,1-2H3,(H2,21,26,27). The van der Waals surface area contributed by atoms with Gasteiger partial charge in [-0.2, -0.15) is 0 Å². The first kappa shape index (κ1) is 19.9. The van der Waals surface area contributed by atoms with E-state index in [9.17, 15) is 13.2 Å². The summed E-state index contributed by atoms with van der Waals surface area (Å²) < 4.78 is 25.3. The van der Waals surface area contributed by atoms with Gasteiger partial charge < -0.3 is 9.47 Å². The van der Waals surface area contributed by atoms with Gasteiger partial charge in [0.2, 0.25) is 15.9 Å². The molecule has 1 amide bonds. The number of fused-ring (bicyclic) bond motifs is 2. The number of primary sulfonamides is 1. The normalized spacial score (nSPS) is 16.4. The van der Waals surface area contributed by atoms with Gasteiger partial charge in [0.15, 0.2) is 5.16 Å². The number of thioether (sulfide) groups is 1. The van der Waals surface area contributed by atoms with Crippen molar-refractivity contribution in [2.24, 2.45) is 5.14 Å². The summed E-state index contributed by atoms with van der Waals surface area (Å²) in [6.45, 7) is 4.79. The third kappa shape index (κ3) is 3.65. The number of nitrogens with two attached hydrogens (primary N) is 1. The molecular weight excluding hydrogens is 408 g/mol. The van der Waals surface area contributed by atoms with Gasteiger partial charge in [-0.05, 0) is 56.2 Å². The van der Waals surface area contributed by atoms with Crippen LogP contribution in [0.2, 0.25) is 0 Å². The molecule has 4 rings (SSSR count). The molecule has 1 aliphatic rings. The average molecular weight is 431 g/mol. The lowest BCUT2D eigenvalue weighted by Crippen LogP contribution is -2.37. The Morgan fingerprint density at radius 3 is 2.76 bits per heavy atom. The summed E-state index contributed by atoms with van der Waals surface area (Å²) in [4.78, 5) is 19.5. The highest BCUT2D eigenvalue weighted by Gasteiger charge is 2.32. The Hall–Kier alpha value is -2.36. The fraction of sp³-hybridized carbons (Fsp3) is 0.300. The number of rotatable bonds is 5. The number of aryl methyl sites for hydroxylation is 1. The molecule has 7 nitrogen and oxygen atoms in total. The van der Waals surface area contributed by atoms with E-state index in [1.165, 1.54) is 17.8 Å². The van der Waals surface area contributed by atoms with E-state index < -0.39 is 10.0 Å². The van der Waals surface area contributed by atoms with E-state index in [4.69, 9.17) is 5.14 Å². The molecular formula is C20H22N4O3S2. The molecule has 152 valence electrons. The smallest absolute Gasteiger partial charge is 0.238 e. The Morgan fingerprint density at radius 1 is 1.28 bits per heavy atom. The van der Waals surface area contributed by atoms with Crippen LogP contribution in [0.1, 0.15) is 19.4 Å². The van der Waals surface area contributed by atoms with E-state index >= 15 is 0 Å². The third-order valence-corrected chi connectivity index (χ3v) is 7.00. The van der Waals surface area contributed by atoms with Crippen molar-refractivity contribution in [1.29, 1.82) is 0 Å². The molecule has 0 saturated heterocycles. The second kappa shape index (κ2) is 7.47. The molecule has 0 spiro atoms. The molecule has 3 aromatic rings. The van der Waals surface area contributed by atoms with E-state index in [-0.39, 0.29) is 22.6 Å². The van der Waals surface area contributed by atoms with Crippen LogP contribution in [0, 0.1) is 0 Å². The number of hydrogen-bond acceptors (Lipinski definition) is 5. The zero-order chi connectivity index (χ0) is 20.8. The summed E-state index contributed by atoms with van der Waals surface area (Å²) in [6.07, 6.45) is 0.600. The summed E-state index contributed by atoms with van der Waals surface area (Å²) in [5.41, 5.74) is 3.54. The summed E-state index contributed by atoms with van der Waals surface area (Å²) in [7, 11) is -3.76. The molecule has 9 heteroatoms. The predicted molar refractivity (Wildman–Crippen MR) is 115 cm³/mol. The highest BCUT2D eigenvalue weighted by molar-refractivity contribution is 7.99. The quantitative estimate of drug-likeness (QED) is 0.628. The highest BCUT2D eigenvalue weighted by Crippen LogP contribution is 2.35. The fourth-order valence-corrected chi connectivity index (χ4v) is 5.33. The fourth-order valence-electron chi connectivity index (χ4n) is 3.83. The first-order valence-electron chi connectivity index (χ1n) is 9.35. The lowest BCUT2D eigenvalue weighted by molar-refractivity contribution is -0.116. The maximum Gasteiger partial charge on any atom is 0.238 e. The number of imidazole rings is 1. The summed E-state index contributed by atoms with van der Waals surface area (Å²) in [6, 6.07) is 12.6. The number of anilines is 1. The van der Waals surface area contributed by atoms with Crippen molar-refractivity contribution in [3.8, 4) is 0 Å². The van der Waals surface area contributed by atoms with Crippen molar-refractivity contribution in [3.05, 3.63) is 48.0 Å². The van der Waals surface area contributed by atoms with Crippen molar-refractivity contribution in [3.63, 3.8) is 0 Å². The Kier molecular flexibility index (Phi) is 5.14. The van der Waals surface area contributed by atoms with E-state index in [0.717, 1.165) is 34.0 Å². The SMILES string of the molecule is CCn1c(SCC(=O)N2c3ccc(S(N)(=O)=O)cc3CC2C)nc2ccccc21. The largest absolute Gasteiger partial charge is 0.319 e. The second-order valence-electron chi connectivity index (χ2n) is 7.07. The van der Waals surface area contributed by atoms with Gasteiger partial charge in [-0.15, -0.1) is 0 Å². The summed E-state index contributed by atoms with van der Waals surface area (Å²) >= 11 is 1.42. The predicted octanol–water partition coefficient (Wildman–Crippen LogP) is 2.77.